The molecule has 0 bridgehead atoms. The van der Waals surface area contributed by atoms with Crippen LogP contribution in [0.5, 0.6) is 11.5 Å². The fourth-order valence-corrected chi connectivity index (χ4v) is 6.89. The van der Waals surface area contributed by atoms with Crippen LogP contribution in [0.3, 0.4) is 0 Å². The van der Waals surface area contributed by atoms with Gasteiger partial charge in [-0.25, -0.2) is 9.97 Å². The van der Waals surface area contributed by atoms with Gasteiger partial charge in [-0.3, -0.25) is 38.6 Å². The predicted octanol–water partition coefficient (Wildman–Crippen LogP) is 2.55. The number of imide groups is 2. The summed E-state index contributed by atoms with van der Waals surface area (Å²) >= 11 is 1.41. The second kappa shape index (κ2) is 18.2. The lowest BCUT2D eigenvalue weighted by Crippen LogP contribution is -2.54. The Bertz CT molecular complexity index is 2140. The molecular weight excluding hydrogens is 749 g/mol. The third-order valence-corrected chi connectivity index (χ3v) is 9.57. The molecule has 4 heterocycles. The number of hydrogen-bond acceptors (Lipinski definition) is 15. The Labute approximate surface area is 325 Å². The van der Waals surface area contributed by atoms with Crippen molar-refractivity contribution >= 4 is 64.1 Å². The highest BCUT2D eigenvalue weighted by atomic mass is 32.2. The molecule has 1 unspecified atom stereocenters. The first kappa shape index (κ1) is 39.9. The quantitative estimate of drug-likeness (QED) is 0.0437. The average Bonchev–Trinajstić information content (AvgIpc) is 3.76. The van der Waals surface area contributed by atoms with Crippen LogP contribution in [0.2, 0.25) is 0 Å². The molecule has 0 aliphatic carbocycles. The molecule has 5 N–H and O–H groups in total. The zero-order chi connectivity index (χ0) is 39.8. The van der Waals surface area contributed by atoms with Gasteiger partial charge in [0.2, 0.25) is 11.8 Å². The summed E-state index contributed by atoms with van der Waals surface area (Å²) in [5, 5.41) is 9.15. The number of benzene rings is 2. The smallest absolute Gasteiger partial charge is 0.264 e. The number of nitrogens with two attached hydrogens (primary N) is 1. The van der Waals surface area contributed by atoms with Crippen molar-refractivity contribution in [1.82, 2.24) is 24.6 Å². The number of primary amides is 1. The van der Waals surface area contributed by atoms with Crippen molar-refractivity contribution in [2.24, 2.45) is 5.73 Å². The average molecular weight is 791 g/mol. The highest BCUT2D eigenvalue weighted by Gasteiger charge is 2.45. The van der Waals surface area contributed by atoms with E-state index in [1.807, 2.05) is 19.2 Å². The summed E-state index contributed by atoms with van der Waals surface area (Å²) < 4.78 is 30.2. The number of aromatic nitrogens is 3. The highest BCUT2D eigenvalue weighted by molar-refractivity contribution is 7.98. The highest BCUT2D eigenvalue weighted by Crippen LogP contribution is 2.36. The maximum atomic E-state index is 13.2. The van der Waals surface area contributed by atoms with E-state index in [1.54, 1.807) is 41.1 Å². The number of hydrogen-bond donors (Lipinski definition) is 4. The van der Waals surface area contributed by atoms with Crippen LogP contribution in [0.25, 0.3) is 5.65 Å². The predicted molar refractivity (Wildman–Crippen MR) is 204 cm³/mol. The first-order chi connectivity index (χ1) is 27.1. The number of imidazole rings is 1. The zero-order valence-electron chi connectivity index (χ0n) is 31.0. The number of thioether (sulfide) groups is 1. The van der Waals surface area contributed by atoms with Gasteiger partial charge in [0.1, 0.15) is 24.0 Å². The number of ether oxygens (including phenoxy) is 5. The van der Waals surface area contributed by atoms with Crippen LogP contribution in [0.4, 0.5) is 17.2 Å². The van der Waals surface area contributed by atoms with Crippen LogP contribution in [0.15, 0.2) is 47.9 Å². The van der Waals surface area contributed by atoms with Gasteiger partial charge in [-0.1, -0.05) is 17.8 Å². The number of piperidine rings is 1. The fraction of sp³-hybridized carbons (Fsp3) is 0.378. The normalized spacial score (nSPS) is 15.3. The second-order valence-corrected chi connectivity index (χ2v) is 13.3. The van der Waals surface area contributed by atoms with E-state index in [2.05, 4.69) is 25.9 Å². The molecule has 1 atom stereocenters. The van der Waals surface area contributed by atoms with E-state index in [0.717, 1.165) is 10.5 Å². The zero-order valence-corrected chi connectivity index (χ0v) is 31.9. The number of methoxy groups -OCH3 is 1. The summed E-state index contributed by atoms with van der Waals surface area (Å²) in [6.07, 6.45) is 5.33. The van der Waals surface area contributed by atoms with Gasteiger partial charge in [-0.2, -0.15) is 0 Å². The van der Waals surface area contributed by atoms with Crippen molar-refractivity contribution in [3.05, 3.63) is 65.0 Å². The van der Waals surface area contributed by atoms with Crippen LogP contribution >= 0.6 is 11.8 Å². The lowest BCUT2D eigenvalue weighted by Gasteiger charge is -2.27. The molecule has 0 radical (unpaired) electrons. The summed E-state index contributed by atoms with van der Waals surface area (Å²) in [6, 6.07) is 7.45. The first-order valence-electron chi connectivity index (χ1n) is 17.7. The van der Waals surface area contributed by atoms with E-state index in [4.69, 9.17) is 29.4 Å². The Kier molecular flexibility index (Phi) is 13.0. The number of amides is 5. The van der Waals surface area contributed by atoms with Crippen molar-refractivity contribution in [3.63, 3.8) is 0 Å². The molecule has 56 heavy (non-hydrogen) atoms. The maximum absolute atomic E-state index is 13.2. The molecule has 296 valence electrons. The molecule has 1 fully saturated rings. The van der Waals surface area contributed by atoms with Crippen LogP contribution in [-0.2, 0) is 23.8 Å². The molecule has 2 aromatic heterocycles. The van der Waals surface area contributed by atoms with Gasteiger partial charge in [0, 0.05) is 42.8 Å². The number of rotatable bonds is 20. The van der Waals surface area contributed by atoms with Crippen molar-refractivity contribution in [2.45, 2.75) is 31.0 Å². The topological polar surface area (TPSA) is 227 Å². The summed E-state index contributed by atoms with van der Waals surface area (Å²) in [4.78, 5) is 72.3. The Morgan fingerprint density at radius 3 is 2.45 bits per heavy atom. The van der Waals surface area contributed by atoms with E-state index in [0.29, 0.717) is 79.9 Å². The maximum Gasteiger partial charge on any atom is 0.264 e. The number of nitrogens with zero attached hydrogens (tertiary/aromatic N) is 4. The second-order valence-electron chi connectivity index (χ2n) is 12.5. The third-order valence-electron chi connectivity index (χ3n) is 8.91. The Hall–Kier alpha value is -5.76. The largest absolute Gasteiger partial charge is 0.493 e. The van der Waals surface area contributed by atoms with Gasteiger partial charge >= 0.3 is 0 Å². The fourth-order valence-electron chi connectivity index (χ4n) is 6.37. The minimum Gasteiger partial charge on any atom is -0.493 e. The van der Waals surface area contributed by atoms with E-state index >= 15 is 0 Å². The lowest BCUT2D eigenvalue weighted by atomic mass is 10.0. The van der Waals surface area contributed by atoms with Crippen molar-refractivity contribution < 1.29 is 47.7 Å². The summed E-state index contributed by atoms with van der Waals surface area (Å²) in [7, 11) is 1.54. The van der Waals surface area contributed by atoms with E-state index < -0.39 is 35.6 Å². The number of nitrogens with one attached hydrogen (secondary N) is 3. The minimum absolute atomic E-state index is 0.0537. The van der Waals surface area contributed by atoms with Crippen molar-refractivity contribution in [2.75, 3.05) is 76.8 Å². The Morgan fingerprint density at radius 1 is 1.02 bits per heavy atom. The molecule has 0 saturated carbocycles. The number of anilines is 3. The number of aryl methyl sites for hydroxylation is 1. The van der Waals surface area contributed by atoms with Gasteiger partial charge in [0.25, 0.3) is 17.7 Å². The summed E-state index contributed by atoms with van der Waals surface area (Å²) in [5.74, 6) is -1.57. The van der Waals surface area contributed by atoms with Gasteiger partial charge in [0.15, 0.2) is 22.3 Å². The molecular formula is C37H42N8O10S. The van der Waals surface area contributed by atoms with Crippen LogP contribution in [-0.4, -0.2) is 121 Å². The Morgan fingerprint density at radius 2 is 1.75 bits per heavy atom. The number of fused-ring (bicyclic) bond motifs is 2. The standard InChI is InChI=1S/C37H42N8O10S/c1-21-19-22(41-32-29(31(38)47)33-40-9-11-44(33)37(43-32)56-3)20-26(51-2)30(21)55-18-17-54-16-15-53-14-13-52-12-10-39-24-6-4-5-23-28(24)36(50)45(35(23)49)25-7-8-27(46)42-34(25)48/h4-6,9,11,19-20,25,39,41H,7-8,10,12-18H2,1-3H3,(H2,38,47)(H,42,46,48). The van der Waals surface area contributed by atoms with E-state index in [-0.39, 0.29) is 42.0 Å². The first-order valence-corrected chi connectivity index (χ1v) is 19.0. The van der Waals surface area contributed by atoms with Crippen molar-refractivity contribution in [1.29, 1.82) is 0 Å². The molecule has 6 rings (SSSR count). The molecule has 19 heteroatoms. The van der Waals surface area contributed by atoms with Crippen molar-refractivity contribution in [3.8, 4) is 11.5 Å². The van der Waals surface area contributed by atoms with Crippen LogP contribution in [0, 0.1) is 6.92 Å². The van der Waals surface area contributed by atoms with Crippen LogP contribution < -0.4 is 31.2 Å². The van der Waals surface area contributed by atoms with Crippen LogP contribution in [0.1, 0.15) is 49.5 Å². The Balaban J connectivity index is 0.872. The summed E-state index contributed by atoms with van der Waals surface area (Å²) in [5.41, 5.74) is 8.54. The van der Waals surface area contributed by atoms with E-state index in [9.17, 15) is 24.0 Å². The molecule has 0 spiro atoms. The molecule has 4 aromatic rings. The van der Waals surface area contributed by atoms with Gasteiger partial charge in [-0.15, -0.1) is 0 Å². The van der Waals surface area contributed by atoms with Gasteiger partial charge in [-0.05, 0) is 43.4 Å². The SMILES string of the molecule is COc1cc(Nc2nc(SC)n3ccnc3c2C(N)=O)cc(C)c1OCCOCCOCCOCCNc1cccc2c1C(=O)N(C1CCC(=O)NC1=O)C2=O. The third kappa shape index (κ3) is 8.70. The van der Waals surface area contributed by atoms with Gasteiger partial charge < -0.3 is 40.1 Å². The molecule has 18 nitrogen and oxygen atoms in total. The van der Waals surface area contributed by atoms with E-state index in [1.165, 1.54) is 18.9 Å². The monoisotopic (exact) mass is 790 g/mol. The molecule has 2 aliphatic rings. The lowest BCUT2D eigenvalue weighted by molar-refractivity contribution is -0.136. The van der Waals surface area contributed by atoms with Gasteiger partial charge in [0.05, 0.1) is 57.9 Å². The molecule has 2 aromatic carbocycles. The summed E-state index contributed by atoms with van der Waals surface area (Å²) in [6.45, 7) is 4.49. The number of carbonyl (C=O) groups is 5. The molecule has 1 saturated heterocycles. The minimum atomic E-state index is -1.03. The molecule has 2 aliphatic heterocycles. The number of carbonyl (C=O) groups excluding carboxylic acids is 5. The molecule has 5 amide bonds.